The van der Waals surface area contributed by atoms with E-state index in [0.717, 1.165) is 4.57 Å². The summed E-state index contributed by atoms with van der Waals surface area (Å²) in [4.78, 5) is 30.5. The second kappa shape index (κ2) is 7.96. The van der Waals surface area contributed by atoms with Crippen LogP contribution in [0.4, 0.5) is 10.2 Å². The van der Waals surface area contributed by atoms with Gasteiger partial charge in [-0.05, 0) is 23.7 Å². The molecule has 1 amide bonds. The molecule has 2 heterocycles. The number of anilines is 1. The SMILES string of the molecule is [N-]=[N+]=NC[C@H]1O[C@@H](n2ccc(NC(=O)c3ccccc3)nc2=O)[C@H](F)[C@@H]1O. The largest absolute Gasteiger partial charge is 0.387 e. The van der Waals surface area contributed by atoms with Crippen LogP contribution in [0.2, 0.25) is 0 Å². The van der Waals surface area contributed by atoms with Crippen LogP contribution < -0.4 is 11.0 Å². The Bertz CT molecular complexity index is 930. The number of rotatable bonds is 5. The summed E-state index contributed by atoms with van der Waals surface area (Å²) < 4.78 is 20.4. The second-order valence-corrected chi connectivity index (χ2v) is 5.74. The molecule has 0 bridgehead atoms. The van der Waals surface area contributed by atoms with Crippen LogP contribution in [0.3, 0.4) is 0 Å². The number of alkyl halides is 1. The zero-order valence-corrected chi connectivity index (χ0v) is 13.8. The number of nitrogens with one attached hydrogen (secondary N) is 1. The maximum atomic E-state index is 14.3. The summed E-state index contributed by atoms with van der Waals surface area (Å²) in [5.41, 5.74) is 7.83. The molecule has 1 aromatic heterocycles. The lowest BCUT2D eigenvalue weighted by Crippen LogP contribution is -2.33. The van der Waals surface area contributed by atoms with Crippen molar-refractivity contribution in [2.24, 2.45) is 5.11 Å². The average molecular weight is 374 g/mol. The van der Waals surface area contributed by atoms with Crippen molar-refractivity contribution >= 4 is 11.7 Å². The van der Waals surface area contributed by atoms with Gasteiger partial charge < -0.3 is 15.2 Å². The van der Waals surface area contributed by atoms with Crippen LogP contribution in [0.15, 0.2) is 52.5 Å². The number of carbonyl (C=O) groups excluding carboxylic acids is 1. The Morgan fingerprint density at radius 1 is 1.41 bits per heavy atom. The lowest BCUT2D eigenvalue weighted by molar-refractivity contribution is -0.0223. The first-order valence-electron chi connectivity index (χ1n) is 7.95. The molecule has 2 N–H and O–H groups in total. The molecule has 0 unspecified atom stereocenters. The Morgan fingerprint density at radius 3 is 2.81 bits per heavy atom. The molecule has 11 heteroatoms. The van der Waals surface area contributed by atoms with E-state index in [-0.39, 0.29) is 12.4 Å². The van der Waals surface area contributed by atoms with Crippen molar-refractivity contribution in [3.05, 3.63) is 69.1 Å². The van der Waals surface area contributed by atoms with Gasteiger partial charge in [0.1, 0.15) is 11.9 Å². The van der Waals surface area contributed by atoms with E-state index in [4.69, 9.17) is 10.3 Å². The number of ether oxygens (including phenoxy) is 1. The monoisotopic (exact) mass is 374 g/mol. The van der Waals surface area contributed by atoms with Gasteiger partial charge in [-0.15, -0.1) is 0 Å². The van der Waals surface area contributed by atoms with Crippen molar-refractivity contribution in [1.82, 2.24) is 9.55 Å². The minimum absolute atomic E-state index is 0.00955. The maximum absolute atomic E-state index is 14.3. The lowest BCUT2D eigenvalue weighted by Gasteiger charge is -2.16. The molecule has 27 heavy (non-hydrogen) atoms. The Morgan fingerprint density at radius 2 is 2.15 bits per heavy atom. The van der Waals surface area contributed by atoms with Gasteiger partial charge >= 0.3 is 5.69 Å². The first-order valence-corrected chi connectivity index (χ1v) is 7.95. The Kier molecular flexibility index (Phi) is 5.46. The minimum atomic E-state index is -1.91. The van der Waals surface area contributed by atoms with Gasteiger partial charge in [0, 0.05) is 16.7 Å². The Hall–Kier alpha value is -3.27. The zero-order valence-electron chi connectivity index (χ0n) is 13.8. The summed E-state index contributed by atoms with van der Waals surface area (Å²) in [6.45, 7) is -0.276. The van der Waals surface area contributed by atoms with Gasteiger partial charge in [0.25, 0.3) is 5.91 Å². The summed E-state index contributed by atoms with van der Waals surface area (Å²) in [5, 5.41) is 15.5. The molecule has 1 aliphatic rings. The quantitative estimate of drug-likeness (QED) is 0.462. The molecule has 3 rings (SSSR count). The van der Waals surface area contributed by atoms with Gasteiger partial charge in [-0.3, -0.25) is 9.36 Å². The van der Waals surface area contributed by atoms with E-state index in [2.05, 4.69) is 20.3 Å². The van der Waals surface area contributed by atoms with E-state index in [0.29, 0.717) is 5.56 Å². The first kappa shape index (κ1) is 18.5. The molecule has 0 saturated carbocycles. The predicted molar refractivity (Wildman–Crippen MR) is 91.7 cm³/mol. The molecule has 1 saturated heterocycles. The topological polar surface area (TPSA) is 142 Å². The van der Waals surface area contributed by atoms with Crippen molar-refractivity contribution in [3.63, 3.8) is 0 Å². The first-order chi connectivity index (χ1) is 13.0. The third-order valence-corrected chi connectivity index (χ3v) is 4.00. The molecule has 10 nitrogen and oxygen atoms in total. The highest BCUT2D eigenvalue weighted by Crippen LogP contribution is 2.31. The van der Waals surface area contributed by atoms with Crippen LogP contribution in [0, 0.1) is 0 Å². The molecule has 1 aliphatic heterocycles. The molecule has 0 spiro atoms. The van der Waals surface area contributed by atoms with Crippen LogP contribution in [-0.4, -0.2) is 45.5 Å². The summed E-state index contributed by atoms with van der Waals surface area (Å²) in [6.07, 6.45) is -4.75. The fourth-order valence-electron chi connectivity index (χ4n) is 2.65. The van der Waals surface area contributed by atoms with Gasteiger partial charge in [-0.2, -0.15) is 4.98 Å². The summed E-state index contributed by atoms with van der Waals surface area (Å²) in [7, 11) is 0. The molecular weight excluding hydrogens is 359 g/mol. The number of hydrogen-bond acceptors (Lipinski definition) is 6. The average Bonchev–Trinajstić information content (AvgIpc) is 2.95. The minimum Gasteiger partial charge on any atom is -0.387 e. The Labute approximate surface area is 151 Å². The number of aromatic nitrogens is 2. The van der Waals surface area contributed by atoms with Crippen molar-refractivity contribution in [1.29, 1.82) is 0 Å². The van der Waals surface area contributed by atoms with Gasteiger partial charge in [0.15, 0.2) is 12.4 Å². The predicted octanol–water partition coefficient (Wildman–Crippen LogP) is 1.40. The molecule has 1 aromatic carbocycles. The molecule has 4 atom stereocenters. The van der Waals surface area contributed by atoms with Crippen LogP contribution in [0.25, 0.3) is 10.4 Å². The molecule has 2 aromatic rings. The Balaban J connectivity index is 1.76. The second-order valence-electron chi connectivity index (χ2n) is 5.74. The molecule has 0 aliphatic carbocycles. The number of azide groups is 1. The number of carbonyl (C=O) groups is 1. The third-order valence-electron chi connectivity index (χ3n) is 4.00. The van der Waals surface area contributed by atoms with Crippen LogP contribution >= 0.6 is 0 Å². The van der Waals surface area contributed by atoms with E-state index in [1.54, 1.807) is 30.3 Å². The van der Waals surface area contributed by atoms with E-state index in [1.165, 1.54) is 12.3 Å². The van der Waals surface area contributed by atoms with Gasteiger partial charge in [-0.1, -0.05) is 23.3 Å². The van der Waals surface area contributed by atoms with Gasteiger partial charge in [0.05, 0.1) is 12.6 Å². The molecule has 140 valence electrons. The number of aliphatic hydroxyl groups excluding tert-OH is 1. The van der Waals surface area contributed by atoms with E-state index < -0.39 is 36.2 Å². The number of aliphatic hydroxyl groups is 1. The summed E-state index contributed by atoms with van der Waals surface area (Å²) >= 11 is 0. The van der Waals surface area contributed by atoms with Crippen LogP contribution in [0.5, 0.6) is 0 Å². The highest BCUT2D eigenvalue weighted by atomic mass is 19.1. The third kappa shape index (κ3) is 3.95. The van der Waals surface area contributed by atoms with Gasteiger partial charge in [-0.25, -0.2) is 9.18 Å². The van der Waals surface area contributed by atoms with Gasteiger partial charge in [0.2, 0.25) is 0 Å². The van der Waals surface area contributed by atoms with Crippen molar-refractivity contribution in [2.45, 2.75) is 24.6 Å². The van der Waals surface area contributed by atoms with Crippen molar-refractivity contribution in [3.8, 4) is 0 Å². The zero-order chi connectivity index (χ0) is 19.4. The normalized spacial score (nSPS) is 24.2. The fraction of sp³-hybridized carbons (Fsp3) is 0.312. The van der Waals surface area contributed by atoms with Crippen molar-refractivity contribution < 1.29 is 19.0 Å². The molecule has 1 fully saturated rings. The molecular formula is C16H15FN6O4. The fourth-order valence-corrected chi connectivity index (χ4v) is 2.65. The number of nitrogens with zero attached hydrogens (tertiary/aromatic N) is 5. The maximum Gasteiger partial charge on any atom is 0.351 e. The van der Waals surface area contributed by atoms with E-state index in [9.17, 15) is 19.1 Å². The number of hydrogen-bond donors (Lipinski definition) is 2. The standard InChI is InChI=1S/C16H15FN6O4/c17-12-13(24)10(8-19-22-18)27-15(12)23-7-6-11(21-16(23)26)20-14(25)9-4-2-1-3-5-9/h1-7,10,12-13,15,24H,8H2,(H,20,21,25,26)/t10-,12-,13-,15-/m1/s1. The number of benzene rings is 1. The van der Waals surface area contributed by atoms with E-state index >= 15 is 0 Å². The summed E-state index contributed by atoms with van der Waals surface area (Å²) in [6, 6.07) is 9.65. The van der Waals surface area contributed by atoms with Crippen LogP contribution in [-0.2, 0) is 4.74 Å². The number of amides is 1. The number of halogens is 1. The van der Waals surface area contributed by atoms with Crippen LogP contribution in [0.1, 0.15) is 16.6 Å². The van der Waals surface area contributed by atoms with Crippen molar-refractivity contribution in [2.75, 3.05) is 11.9 Å². The van der Waals surface area contributed by atoms with E-state index in [1.807, 2.05) is 0 Å². The molecule has 0 radical (unpaired) electrons. The smallest absolute Gasteiger partial charge is 0.351 e. The summed E-state index contributed by atoms with van der Waals surface area (Å²) in [5.74, 6) is -0.463. The highest BCUT2D eigenvalue weighted by Gasteiger charge is 2.45. The highest BCUT2D eigenvalue weighted by molar-refractivity contribution is 6.03. The lowest BCUT2D eigenvalue weighted by atomic mass is 10.1.